The smallest absolute Gasteiger partial charge is 0.276 e. The molecule has 1 aromatic heterocycles. The number of aromatic nitrogens is 2. The summed E-state index contributed by atoms with van der Waals surface area (Å²) in [4.78, 5) is 13.1. The number of hydrogen-bond acceptors (Lipinski definition) is 2. The molecule has 1 heterocycles. The molecular weight excluding hydrogens is 477 g/mol. The highest BCUT2D eigenvalue weighted by atomic mass is 35.5. The van der Waals surface area contributed by atoms with E-state index in [2.05, 4.69) is 34.7 Å². The first-order valence-corrected chi connectivity index (χ1v) is 11.8. The number of amides is 1. The van der Waals surface area contributed by atoms with Crippen molar-refractivity contribution in [2.24, 2.45) is 0 Å². The van der Waals surface area contributed by atoms with E-state index in [4.69, 9.17) is 23.2 Å². The molecule has 0 aliphatic heterocycles. The van der Waals surface area contributed by atoms with E-state index < -0.39 is 0 Å². The topological polar surface area (TPSA) is 46.9 Å². The summed E-state index contributed by atoms with van der Waals surface area (Å²) < 4.78 is 1.81. The molecule has 0 radical (unpaired) electrons. The number of para-hydroxylation sites is 1. The van der Waals surface area contributed by atoms with Crippen LogP contribution in [0.15, 0.2) is 103 Å². The van der Waals surface area contributed by atoms with Crippen LogP contribution in [-0.2, 0) is 0 Å². The van der Waals surface area contributed by atoms with Crippen molar-refractivity contribution in [3.63, 3.8) is 0 Å². The van der Waals surface area contributed by atoms with Gasteiger partial charge >= 0.3 is 0 Å². The van der Waals surface area contributed by atoms with E-state index in [1.807, 2.05) is 66.2 Å². The van der Waals surface area contributed by atoms with Crippen molar-refractivity contribution in [1.29, 1.82) is 0 Å². The highest BCUT2D eigenvalue weighted by Crippen LogP contribution is 2.30. The minimum atomic E-state index is -0.358. The number of nitrogens with one attached hydrogen (secondary N) is 1. The molecule has 1 N–H and O–H groups in total. The summed E-state index contributed by atoms with van der Waals surface area (Å²) in [6, 6.07) is 33.1. The number of halogens is 2. The van der Waals surface area contributed by atoms with Gasteiger partial charge in [-0.3, -0.25) is 4.79 Å². The number of benzene rings is 4. The second kappa shape index (κ2) is 9.79. The lowest BCUT2D eigenvalue weighted by atomic mass is 10.0. The molecule has 0 saturated carbocycles. The predicted molar refractivity (Wildman–Crippen MR) is 144 cm³/mol. The van der Waals surface area contributed by atoms with Gasteiger partial charge in [-0.05, 0) is 53.9 Å². The van der Waals surface area contributed by atoms with Crippen LogP contribution in [0.1, 0.15) is 16.1 Å². The molecule has 0 aliphatic rings. The Bertz CT molecular complexity index is 1510. The Balaban J connectivity index is 1.55. The summed E-state index contributed by atoms with van der Waals surface area (Å²) >= 11 is 12.2. The fourth-order valence-electron chi connectivity index (χ4n) is 3.92. The third-order valence-corrected chi connectivity index (χ3v) is 6.30. The van der Waals surface area contributed by atoms with Crippen molar-refractivity contribution in [3.05, 3.63) is 124 Å². The number of aryl methyl sites for hydroxylation is 1. The Kier molecular flexibility index (Phi) is 6.41. The lowest BCUT2D eigenvalue weighted by Crippen LogP contribution is -2.13. The maximum atomic E-state index is 13.1. The van der Waals surface area contributed by atoms with Crippen molar-refractivity contribution < 1.29 is 4.79 Å². The first-order valence-electron chi connectivity index (χ1n) is 11.1. The van der Waals surface area contributed by atoms with Crippen molar-refractivity contribution in [3.8, 4) is 28.1 Å². The van der Waals surface area contributed by atoms with Crippen molar-refractivity contribution in [2.45, 2.75) is 6.92 Å². The zero-order valence-corrected chi connectivity index (χ0v) is 20.4. The van der Waals surface area contributed by atoms with Gasteiger partial charge in [0.25, 0.3) is 5.91 Å². The number of anilines is 1. The second-order valence-electron chi connectivity index (χ2n) is 8.13. The molecule has 5 aromatic rings. The van der Waals surface area contributed by atoms with Gasteiger partial charge in [-0.25, -0.2) is 4.68 Å². The third kappa shape index (κ3) is 4.85. The fraction of sp³-hybridized carbons (Fsp3) is 0.0345. The molecule has 0 unspecified atom stereocenters. The average Bonchev–Trinajstić information content (AvgIpc) is 3.32. The predicted octanol–water partition coefficient (Wildman–Crippen LogP) is 8.07. The third-order valence-electron chi connectivity index (χ3n) is 5.75. The molecule has 0 spiro atoms. The van der Waals surface area contributed by atoms with Crippen LogP contribution in [0.5, 0.6) is 0 Å². The van der Waals surface area contributed by atoms with Crippen LogP contribution in [0, 0.1) is 6.92 Å². The van der Waals surface area contributed by atoms with Gasteiger partial charge in [0.1, 0.15) is 0 Å². The minimum Gasteiger partial charge on any atom is -0.319 e. The molecular formula is C29H21Cl2N3O. The van der Waals surface area contributed by atoms with Gasteiger partial charge in [0.2, 0.25) is 0 Å². The summed E-state index contributed by atoms with van der Waals surface area (Å²) in [7, 11) is 0. The first-order chi connectivity index (χ1) is 17.0. The average molecular weight is 498 g/mol. The molecule has 0 aliphatic carbocycles. The van der Waals surface area contributed by atoms with Gasteiger partial charge in [-0.2, -0.15) is 5.10 Å². The van der Waals surface area contributed by atoms with Gasteiger partial charge in [0, 0.05) is 10.6 Å². The van der Waals surface area contributed by atoms with Gasteiger partial charge in [-0.1, -0.05) is 96.0 Å². The zero-order valence-electron chi connectivity index (χ0n) is 18.9. The number of carbonyl (C=O) groups excluding carboxylic acids is 1. The van der Waals surface area contributed by atoms with Gasteiger partial charge in [0.15, 0.2) is 5.69 Å². The van der Waals surface area contributed by atoms with Crippen molar-refractivity contribution in [2.75, 3.05) is 5.32 Å². The lowest BCUT2D eigenvalue weighted by molar-refractivity contribution is 0.102. The minimum absolute atomic E-state index is 0.279. The number of rotatable bonds is 5. The largest absolute Gasteiger partial charge is 0.319 e. The van der Waals surface area contributed by atoms with Crippen LogP contribution >= 0.6 is 23.2 Å². The molecule has 35 heavy (non-hydrogen) atoms. The number of nitrogens with zero attached hydrogens (tertiary/aromatic N) is 2. The summed E-state index contributed by atoms with van der Waals surface area (Å²) in [6.07, 6.45) is 0. The van der Waals surface area contributed by atoms with Gasteiger partial charge < -0.3 is 5.32 Å². The van der Waals surface area contributed by atoms with E-state index >= 15 is 0 Å². The molecule has 6 heteroatoms. The van der Waals surface area contributed by atoms with Crippen LogP contribution in [-0.4, -0.2) is 15.7 Å². The molecule has 0 fully saturated rings. The van der Waals surface area contributed by atoms with Crippen LogP contribution in [0.2, 0.25) is 10.0 Å². The quantitative estimate of drug-likeness (QED) is 0.266. The van der Waals surface area contributed by atoms with Crippen LogP contribution in [0.3, 0.4) is 0 Å². The highest BCUT2D eigenvalue weighted by molar-refractivity contribution is 6.36. The molecule has 4 aromatic carbocycles. The van der Waals surface area contributed by atoms with E-state index in [-0.39, 0.29) is 11.6 Å². The molecule has 0 bridgehead atoms. The Morgan fingerprint density at radius 2 is 1.43 bits per heavy atom. The Hall–Kier alpha value is -3.86. The fourth-order valence-corrected chi connectivity index (χ4v) is 4.38. The summed E-state index contributed by atoms with van der Waals surface area (Å²) in [5, 5.41) is 8.37. The van der Waals surface area contributed by atoms with E-state index in [0.29, 0.717) is 15.7 Å². The highest BCUT2D eigenvalue weighted by Gasteiger charge is 2.19. The SMILES string of the molecule is Cc1ccccc1-n1nc(C(=O)Nc2ccc(Cl)cc2Cl)cc1-c1ccc(-c2ccccc2)cc1. The Morgan fingerprint density at radius 1 is 0.771 bits per heavy atom. The number of hydrogen-bond donors (Lipinski definition) is 1. The van der Waals surface area contributed by atoms with Gasteiger partial charge in [0.05, 0.1) is 22.1 Å². The molecule has 5 rings (SSSR count). The molecule has 172 valence electrons. The van der Waals surface area contributed by atoms with Crippen LogP contribution < -0.4 is 5.32 Å². The van der Waals surface area contributed by atoms with Crippen molar-refractivity contribution >= 4 is 34.8 Å². The monoisotopic (exact) mass is 497 g/mol. The maximum Gasteiger partial charge on any atom is 0.276 e. The molecule has 0 saturated heterocycles. The first kappa shape index (κ1) is 22.9. The van der Waals surface area contributed by atoms with E-state index in [1.165, 1.54) is 0 Å². The standard InChI is InChI=1S/C29H21Cl2N3O/c1-19-7-5-6-10-27(19)34-28(22-13-11-21(12-14-22)20-8-3-2-4-9-20)18-26(33-34)29(35)32-25-16-15-23(30)17-24(25)31/h2-18H,1H3,(H,32,35). The van der Waals surface area contributed by atoms with E-state index in [1.54, 1.807) is 24.3 Å². The summed E-state index contributed by atoms with van der Waals surface area (Å²) in [5.41, 5.74) is 6.72. The lowest BCUT2D eigenvalue weighted by Gasteiger charge is -2.11. The Morgan fingerprint density at radius 3 is 2.14 bits per heavy atom. The van der Waals surface area contributed by atoms with Crippen LogP contribution in [0.25, 0.3) is 28.1 Å². The van der Waals surface area contributed by atoms with Crippen LogP contribution in [0.4, 0.5) is 5.69 Å². The summed E-state index contributed by atoms with van der Waals surface area (Å²) in [6.45, 7) is 2.02. The molecule has 1 amide bonds. The summed E-state index contributed by atoms with van der Waals surface area (Å²) in [5.74, 6) is -0.358. The normalized spacial score (nSPS) is 10.8. The maximum absolute atomic E-state index is 13.1. The van der Waals surface area contributed by atoms with E-state index in [9.17, 15) is 4.79 Å². The Labute approximate surface area is 213 Å². The number of carbonyl (C=O) groups is 1. The van der Waals surface area contributed by atoms with Crippen molar-refractivity contribution in [1.82, 2.24) is 9.78 Å². The molecule has 4 nitrogen and oxygen atoms in total. The van der Waals surface area contributed by atoms with E-state index in [0.717, 1.165) is 33.6 Å². The second-order valence-corrected chi connectivity index (χ2v) is 8.98. The molecule has 0 atom stereocenters. The van der Waals surface area contributed by atoms with Gasteiger partial charge in [-0.15, -0.1) is 0 Å². The zero-order chi connectivity index (χ0) is 24.4.